The Morgan fingerprint density at radius 3 is 2.65 bits per heavy atom. The molecule has 1 unspecified atom stereocenters. The highest BCUT2D eigenvalue weighted by atomic mass is 16.2. The molecule has 1 heterocycles. The van der Waals surface area contributed by atoms with Gasteiger partial charge >= 0.3 is 0 Å². The Morgan fingerprint density at radius 1 is 1.53 bits per heavy atom. The maximum absolute atomic E-state index is 11.9. The van der Waals surface area contributed by atoms with Crippen LogP contribution in [0, 0.1) is 5.92 Å². The van der Waals surface area contributed by atoms with Crippen LogP contribution in [0.25, 0.3) is 0 Å². The molecular formula is C14H21NO2. The van der Waals surface area contributed by atoms with E-state index in [2.05, 4.69) is 5.32 Å². The van der Waals surface area contributed by atoms with Crippen LogP contribution in [0.2, 0.25) is 0 Å². The van der Waals surface area contributed by atoms with Crippen LogP contribution in [-0.2, 0) is 9.59 Å². The topological polar surface area (TPSA) is 46.2 Å². The van der Waals surface area contributed by atoms with Crippen LogP contribution < -0.4 is 5.32 Å². The Morgan fingerprint density at radius 2 is 2.18 bits per heavy atom. The van der Waals surface area contributed by atoms with Crippen LogP contribution in [0.1, 0.15) is 40.5 Å². The number of Topliss-reactive ketones (excluding diaryl/α,β-unsaturated/α-hetero) is 1. The van der Waals surface area contributed by atoms with Crippen molar-refractivity contribution < 1.29 is 9.59 Å². The standard InChI is InChI=1S/C14H21NO2/c1-5-7-10-8-12(13(16)9(3)4)15-14(17)11(10)6-2/h5,7,9,12H,6,8H2,1-4H3,(H,15,17)/b7-5-. The Bertz CT molecular complexity index is 378. The predicted molar refractivity (Wildman–Crippen MR) is 68.5 cm³/mol. The summed E-state index contributed by atoms with van der Waals surface area (Å²) < 4.78 is 0. The number of ketones is 1. The molecule has 3 nitrogen and oxygen atoms in total. The van der Waals surface area contributed by atoms with Crippen molar-refractivity contribution in [1.82, 2.24) is 5.32 Å². The fourth-order valence-electron chi connectivity index (χ4n) is 2.12. The van der Waals surface area contributed by atoms with Gasteiger partial charge in [-0.1, -0.05) is 32.9 Å². The molecule has 0 bridgehead atoms. The third kappa shape index (κ3) is 3.05. The molecule has 17 heavy (non-hydrogen) atoms. The number of carbonyl (C=O) groups excluding carboxylic acids is 2. The summed E-state index contributed by atoms with van der Waals surface area (Å²) in [5, 5.41) is 2.81. The Kier molecular flexibility index (Phi) is 4.67. The zero-order chi connectivity index (χ0) is 13.0. The van der Waals surface area contributed by atoms with Crippen LogP contribution in [-0.4, -0.2) is 17.7 Å². The molecule has 0 radical (unpaired) electrons. The normalized spacial score (nSPS) is 21.2. The first-order chi connectivity index (χ1) is 8.01. The molecule has 0 fully saturated rings. The Hall–Kier alpha value is -1.38. The Labute approximate surface area is 103 Å². The third-order valence-corrected chi connectivity index (χ3v) is 3.02. The van der Waals surface area contributed by atoms with E-state index >= 15 is 0 Å². The molecule has 0 saturated heterocycles. The number of hydrogen-bond donors (Lipinski definition) is 1. The second kappa shape index (κ2) is 5.80. The number of hydrogen-bond acceptors (Lipinski definition) is 2. The van der Waals surface area contributed by atoms with Crippen LogP contribution in [0.3, 0.4) is 0 Å². The van der Waals surface area contributed by atoms with Gasteiger partial charge in [-0.25, -0.2) is 0 Å². The monoisotopic (exact) mass is 235 g/mol. The van der Waals surface area contributed by atoms with E-state index in [1.807, 2.05) is 39.8 Å². The molecule has 1 atom stereocenters. The zero-order valence-corrected chi connectivity index (χ0v) is 11.0. The van der Waals surface area contributed by atoms with Gasteiger partial charge < -0.3 is 5.32 Å². The maximum Gasteiger partial charge on any atom is 0.248 e. The van der Waals surface area contributed by atoms with E-state index in [1.165, 1.54) is 0 Å². The molecule has 0 aromatic carbocycles. The maximum atomic E-state index is 11.9. The van der Waals surface area contributed by atoms with E-state index in [0.717, 1.165) is 11.1 Å². The number of carbonyl (C=O) groups is 2. The highest BCUT2D eigenvalue weighted by Gasteiger charge is 2.30. The number of allylic oxidation sites excluding steroid dienone is 2. The number of amides is 1. The average Bonchev–Trinajstić information content (AvgIpc) is 2.28. The van der Waals surface area contributed by atoms with Gasteiger partial charge in [0.2, 0.25) is 5.91 Å². The van der Waals surface area contributed by atoms with Gasteiger partial charge in [0.25, 0.3) is 0 Å². The SMILES string of the molecule is C/C=C\C1=C(CC)C(=O)NC(C(=O)C(C)C)C1. The lowest BCUT2D eigenvalue weighted by Crippen LogP contribution is -2.46. The van der Waals surface area contributed by atoms with Crippen molar-refractivity contribution >= 4 is 11.7 Å². The number of nitrogens with one attached hydrogen (secondary N) is 1. The van der Waals surface area contributed by atoms with Gasteiger partial charge in [0.05, 0.1) is 6.04 Å². The van der Waals surface area contributed by atoms with Gasteiger partial charge in [-0.05, 0) is 18.9 Å². The van der Waals surface area contributed by atoms with Crippen molar-refractivity contribution in [1.29, 1.82) is 0 Å². The number of rotatable bonds is 4. The molecule has 0 aromatic rings. The first kappa shape index (κ1) is 13.7. The Balaban J connectivity index is 2.99. The summed E-state index contributed by atoms with van der Waals surface area (Å²) in [6.07, 6.45) is 5.18. The highest BCUT2D eigenvalue weighted by Crippen LogP contribution is 2.23. The van der Waals surface area contributed by atoms with E-state index in [-0.39, 0.29) is 23.7 Å². The summed E-state index contributed by atoms with van der Waals surface area (Å²) in [4.78, 5) is 23.8. The highest BCUT2D eigenvalue weighted by molar-refractivity contribution is 6.00. The fraction of sp³-hybridized carbons (Fsp3) is 0.571. The van der Waals surface area contributed by atoms with E-state index in [1.54, 1.807) is 0 Å². The molecule has 1 aliphatic heterocycles. The molecule has 0 aromatic heterocycles. The molecule has 0 saturated carbocycles. The lowest BCUT2D eigenvalue weighted by atomic mass is 9.88. The quantitative estimate of drug-likeness (QED) is 0.813. The molecule has 1 amide bonds. The first-order valence-electron chi connectivity index (χ1n) is 6.20. The third-order valence-electron chi connectivity index (χ3n) is 3.02. The van der Waals surface area contributed by atoms with Crippen molar-refractivity contribution in [2.24, 2.45) is 5.92 Å². The van der Waals surface area contributed by atoms with Crippen molar-refractivity contribution in [3.63, 3.8) is 0 Å². The first-order valence-corrected chi connectivity index (χ1v) is 6.20. The minimum Gasteiger partial charge on any atom is -0.342 e. The lowest BCUT2D eigenvalue weighted by molar-refractivity contribution is -0.128. The summed E-state index contributed by atoms with van der Waals surface area (Å²) in [5.74, 6) is -0.0308. The molecule has 0 aliphatic carbocycles. The minimum absolute atomic E-state index is 0.0460. The summed E-state index contributed by atoms with van der Waals surface area (Å²) in [7, 11) is 0. The average molecular weight is 235 g/mol. The van der Waals surface area contributed by atoms with Gasteiger partial charge in [0.1, 0.15) is 0 Å². The summed E-state index contributed by atoms with van der Waals surface area (Å²) in [6.45, 7) is 7.61. The van der Waals surface area contributed by atoms with Crippen LogP contribution >= 0.6 is 0 Å². The van der Waals surface area contributed by atoms with Crippen LogP contribution in [0.5, 0.6) is 0 Å². The smallest absolute Gasteiger partial charge is 0.248 e. The second-order valence-corrected chi connectivity index (χ2v) is 4.64. The van der Waals surface area contributed by atoms with Gasteiger partial charge in [0.15, 0.2) is 5.78 Å². The molecule has 1 rings (SSSR count). The summed E-state index contributed by atoms with van der Waals surface area (Å²) in [5.41, 5.74) is 1.80. The van der Waals surface area contributed by atoms with Gasteiger partial charge in [0, 0.05) is 17.9 Å². The van der Waals surface area contributed by atoms with E-state index in [4.69, 9.17) is 0 Å². The van der Waals surface area contributed by atoms with Gasteiger partial charge in [-0.3, -0.25) is 9.59 Å². The van der Waals surface area contributed by atoms with E-state index in [0.29, 0.717) is 12.8 Å². The second-order valence-electron chi connectivity index (χ2n) is 4.64. The van der Waals surface area contributed by atoms with Crippen molar-refractivity contribution in [2.75, 3.05) is 0 Å². The molecule has 1 aliphatic rings. The van der Waals surface area contributed by atoms with Gasteiger partial charge in [-0.2, -0.15) is 0 Å². The van der Waals surface area contributed by atoms with Crippen LogP contribution in [0.4, 0.5) is 0 Å². The molecule has 1 N–H and O–H groups in total. The minimum atomic E-state index is -0.357. The zero-order valence-electron chi connectivity index (χ0n) is 11.0. The predicted octanol–water partition coefficient (Wildman–Crippen LogP) is 2.38. The molecule has 0 spiro atoms. The van der Waals surface area contributed by atoms with Crippen LogP contribution in [0.15, 0.2) is 23.3 Å². The van der Waals surface area contributed by atoms with Crippen molar-refractivity contribution in [2.45, 2.75) is 46.6 Å². The lowest BCUT2D eigenvalue weighted by Gasteiger charge is -2.26. The van der Waals surface area contributed by atoms with Crippen molar-refractivity contribution in [3.8, 4) is 0 Å². The largest absolute Gasteiger partial charge is 0.342 e. The molecule has 3 heteroatoms. The molecular weight excluding hydrogens is 214 g/mol. The van der Waals surface area contributed by atoms with E-state index < -0.39 is 0 Å². The van der Waals surface area contributed by atoms with Gasteiger partial charge in [-0.15, -0.1) is 0 Å². The fourth-order valence-corrected chi connectivity index (χ4v) is 2.12. The summed E-state index contributed by atoms with van der Waals surface area (Å²) in [6, 6.07) is -0.357. The van der Waals surface area contributed by atoms with E-state index in [9.17, 15) is 9.59 Å². The summed E-state index contributed by atoms with van der Waals surface area (Å²) >= 11 is 0. The van der Waals surface area contributed by atoms with Crippen molar-refractivity contribution in [3.05, 3.63) is 23.3 Å². The molecule has 94 valence electrons.